The number of imide groups is 1. The molecule has 232 valence electrons. The smallest absolute Gasteiger partial charge is 0.338 e. The summed E-state index contributed by atoms with van der Waals surface area (Å²) >= 11 is 1.22. The van der Waals surface area contributed by atoms with Gasteiger partial charge >= 0.3 is 5.97 Å². The molecule has 0 radical (unpaired) electrons. The van der Waals surface area contributed by atoms with Crippen molar-refractivity contribution in [3.63, 3.8) is 0 Å². The van der Waals surface area contributed by atoms with Gasteiger partial charge in [-0.2, -0.15) is 0 Å². The van der Waals surface area contributed by atoms with Gasteiger partial charge in [-0.15, -0.1) is 11.8 Å². The molecule has 10 heteroatoms. The van der Waals surface area contributed by atoms with Crippen molar-refractivity contribution in [2.24, 2.45) is 0 Å². The molecule has 1 heterocycles. The van der Waals surface area contributed by atoms with Crippen LogP contribution >= 0.6 is 11.8 Å². The number of carbonyl (C=O) groups excluding carboxylic acids is 5. The van der Waals surface area contributed by atoms with Gasteiger partial charge in [0.1, 0.15) is 5.70 Å². The number of carbonyl (C=O) groups is 5. The molecule has 0 aromatic heterocycles. The Kier molecular flexibility index (Phi) is 10.1. The Morgan fingerprint density at radius 1 is 0.891 bits per heavy atom. The number of aryl methyl sites for hydroxylation is 1. The van der Waals surface area contributed by atoms with E-state index in [2.05, 4.69) is 10.6 Å². The highest BCUT2D eigenvalue weighted by Crippen LogP contribution is 2.35. The number of ether oxygens (including phenoxy) is 1. The van der Waals surface area contributed by atoms with Crippen LogP contribution in [0.4, 0.5) is 11.4 Å². The molecule has 0 saturated carbocycles. The van der Waals surface area contributed by atoms with Crippen LogP contribution in [0.15, 0.2) is 114 Å². The molecule has 5 rings (SSSR count). The number of hydrogen-bond acceptors (Lipinski definition) is 7. The number of anilines is 2. The standard InChI is InChI=1S/C36H31N3O6S/c1-3-45-36(44)26-15-17-28(18-16-26)39-32(40)22-31(35(39)43)46-29-14-8-13-27(21-29)37-34(42)30(20-24-10-7-9-23(2)19-24)38-33(41)25-11-5-4-6-12-25/h4-21,31H,3,22H2,1-2H3,(H,37,42)(H,38,41)/b30-20-/t31-/m1/s1. The summed E-state index contributed by atoms with van der Waals surface area (Å²) in [7, 11) is 0. The average molecular weight is 634 g/mol. The van der Waals surface area contributed by atoms with Gasteiger partial charge in [0.2, 0.25) is 11.8 Å². The molecule has 1 saturated heterocycles. The minimum absolute atomic E-state index is 0.00535. The number of nitrogens with zero attached hydrogens (tertiary/aromatic N) is 1. The summed E-state index contributed by atoms with van der Waals surface area (Å²) in [5.41, 5.74) is 3.35. The van der Waals surface area contributed by atoms with Crippen molar-refractivity contribution in [1.82, 2.24) is 5.32 Å². The van der Waals surface area contributed by atoms with Crippen LogP contribution in [-0.2, 0) is 19.1 Å². The van der Waals surface area contributed by atoms with Crippen molar-refractivity contribution >= 4 is 58.8 Å². The topological polar surface area (TPSA) is 122 Å². The van der Waals surface area contributed by atoms with Crippen LogP contribution in [0.3, 0.4) is 0 Å². The molecule has 1 aliphatic heterocycles. The Morgan fingerprint density at radius 3 is 2.35 bits per heavy atom. The van der Waals surface area contributed by atoms with Crippen LogP contribution in [0.25, 0.3) is 6.08 Å². The number of hydrogen-bond donors (Lipinski definition) is 2. The van der Waals surface area contributed by atoms with Gasteiger partial charge < -0.3 is 15.4 Å². The van der Waals surface area contributed by atoms with Gasteiger partial charge in [-0.3, -0.25) is 19.2 Å². The van der Waals surface area contributed by atoms with E-state index in [1.54, 1.807) is 79.7 Å². The molecule has 0 aliphatic carbocycles. The van der Waals surface area contributed by atoms with Gasteiger partial charge in [0.05, 0.1) is 23.1 Å². The zero-order valence-electron chi connectivity index (χ0n) is 25.2. The van der Waals surface area contributed by atoms with Crippen LogP contribution < -0.4 is 15.5 Å². The van der Waals surface area contributed by atoms with Gasteiger partial charge in [0.25, 0.3) is 11.8 Å². The van der Waals surface area contributed by atoms with E-state index >= 15 is 0 Å². The van der Waals surface area contributed by atoms with Gasteiger partial charge in [-0.05, 0) is 80.1 Å². The molecule has 9 nitrogen and oxygen atoms in total. The van der Waals surface area contributed by atoms with Crippen LogP contribution in [0.1, 0.15) is 45.2 Å². The third kappa shape index (κ3) is 7.77. The van der Waals surface area contributed by atoms with Crippen molar-refractivity contribution < 1.29 is 28.7 Å². The average Bonchev–Trinajstić information content (AvgIpc) is 3.33. The molecule has 1 atom stereocenters. The van der Waals surface area contributed by atoms with Crippen LogP contribution in [0.5, 0.6) is 0 Å². The van der Waals surface area contributed by atoms with Crippen molar-refractivity contribution in [2.45, 2.75) is 30.4 Å². The lowest BCUT2D eigenvalue weighted by Gasteiger charge is -2.16. The Bertz CT molecular complexity index is 1820. The first kappa shape index (κ1) is 31.9. The lowest BCUT2D eigenvalue weighted by atomic mass is 10.1. The first-order chi connectivity index (χ1) is 22.2. The van der Waals surface area contributed by atoms with Crippen molar-refractivity contribution in [1.29, 1.82) is 0 Å². The largest absolute Gasteiger partial charge is 0.462 e. The van der Waals surface area contributed by atoms with Crippen molar-refractivity contribution in [3.05, 3.63) is 131 Å². The molecule has 0 spiro atoms. The first-order valence-electron chi connectivity index (χ1n) is 14.6. The predicted octanol–water partition coefficient (Wildman–Crippen LogP) is 6.01. The summed E-state index contributed by atoms with van der Waals surface area (Å²) in [6.07, 6.45) is 1.60. The Morgan fingerprint density at radius 2 is 1.63 bits per heavy atom. The first-order valence-corrected chi connectivity index (χ1v) is 15.5. The predicted molar refractivity (Wildman–Crippen MR) is 177 cm³/mol. The van der Waals surface area contributed by atoms with Crippen LogP contribution in [-0.4, -0.2) is 41.5 Å². The molecular formula is C36H31N3O6S. The molecule has 0 unspecified atom stereocenters. The molecule has 2 N–H and O–H groups in total. The number of benzene rings is 4. The summed E-state index contributed by atoms with van der Waals surface area (Å²) in [4.78, 5) is 66.3. The van der Waals surface area contributed by atoms with Gasteiger partial charge in [0.15, 0.2) is 0 Å². The number of rotatable bonds is 10. The summed E-state index contributed by atoms with van der Waals surface area (Å²) in [6.45, 7) is 3.89. The minimum atomic E-state index is -0.676. The molecule has 1 fully saturated rings. The second kappa shape index (κ2) is 14.5. The van der Waals surface area contributed by atoms with E-state index in [4.69, 9.17) is 4.74 Å². The molecule has 4 aromatic rings. The molecular weight excluding hydrogens is 602 g/mol. The lowest BCUT2D eigenvalue weighted by Crippen LogP contribution is -2.31. The fraction of sp³-hybridized carbons (Fsp3) is 0.139. The number of esters is 1. The maximum atomic E-state index is 13.5. The zero-order valence-corrected chi connectivity index (χ0v) is 26.0. The third-order valence-corrected chi connectivity index (χ3v) is 8.17. The highest BCUT2D eigenvalue weighted by Gasteiger charge is 2.40. The highest BCUT2D eigenvalue weighted by molar-refractivity contribution is 8.00. The fourth-order valence-corrected chi connectivity index (χ4v) is 5.92. The molecule has 4 amide bonds. The van der Waals surface area contributed by atoms with E-state index in [9.17, 15) is 24.0 Å². The van der Waals surface area contributed by atoms with Crippen LogP contribution in [0.2, 0.25) is 0 Å². The number of nitrogens with one attached hydrogen (secondary N) is 2. The summed E-state index contributed by atoms with van der Waals surface area (Å²) in [5, 5.41) is 4.90. The minimum Gasteiger partial charge on any atom is -0.462 e. The lowest BCUT2D eigenvalue weighted by molar-refractivity contribution is -0.121. The second-order valence-electron chi connectivity index (χ2n) is 10.4. The summed E-state index contributed by atoms with van der Waals surface area (Å²) in [6, 6.07) is 29.2. The Labute approximate surface area is 270 Å². The quantitative estimate of drug-likeness (QED) is 0.125. The van der Waals surface area contributed by atoms with Crippen molar-refractivity contribution in [3.8, 4) is 0 Å². The van der Waals surface area contributed by atoms with Gasteiger partial charge in [-0.1, -0.05) is 54.1 Å². The summed E-state index contributed by atoms with van der Waals surface area (Å²) in [5.74, 6) is -2.16. The third-order valence-electron chi connectivity index (χ3n) is 6.99. The van der Waals surface area contributed by atoms with Crippen LogP contribution in [0, 0.1) is 6.92 Å². The zero-order chi connectivity index (χ0) is 32.6. The SMILES string of the molecule is CCOC(=O)c1ccc(N2C(=O)C[C@@H](Sc3cccc(NC(=O)/C(=C/c4cccc(C)c4)NC(=O)c4ccccc4)c3)C2=O)cc1. The van der Waals surface area contributed by atoms with E-state index in [0.717, 1.165) is 16.0 Å². The maximum absolute atomic E-state index is 13.5. The summed E-state index contributed by atoms with van der Waals surface area (Å²) < 4.78 is 4.99. The Hall–Kier alpha value is -5.48. The maximum Gasteiger partial charge on any atom is 0.338 e. The highest BCUT2D eigenvalue weighted by atomic mass is 32.2. The van der Waals surface area contributed by atoms with Crippen molar-refractivity contribution in [2.75, 3.05) is 16.8 Å². The molecule has 46 heavy (non-hydrogen) atoms. The molecule has 4 aromatic carbocycles. The van der Waals surface area contributed by atoms with E-state index in [0.29, 0.717) is 27.4 Å². The Balaban J connectivity index is 1.30. The number of thioether (sulfide) groups is 1. The van der Waals surface area contributed by atoms with E-state index < -0.39 is 23.0 Å². The normalized spacial score (nSPS) is 14.6. The molecule has 0 bridgehead atoms. The second-order valence-corrected chi connectivity index (χ2v) is 11.7. The monoisotopic (exact) mass is 633 g/mol. The van der Waals surface area contributed by atoms with E-state index in [1.165, 1.54) is 23.9 Å². The van der Waals surface area contributed by atoms with E-state index in [1.807, 2.05) is 31.2 Å². The van der Waals surface area contributed by atoms with Gasteiger partial charge in [0, 0.05) is 22.6 Å². The van der Waals surface area contributed by atoms with E-state index in [-0.39, 0.29) is 30.5 Å². The number of amides is 4. The molecule has 1 aliphatic rings. The fourth-order valence-electron chi connectivity index (χ4n) is 4.81. The van der Waals surface area contributed by atoms with Gasteiger partial charge in [-0.25, -0.2) is 9.69 Å².